The lowest BCUT2D eigenvalue weighted by Crippen LogP contribution is -2.01. The molecule has 4 aromatic rings. The number of halogens is 4. The predicted octanol–water partition coefficient (Wildman–Crippen LogP) is 8.14. The number of carboxylic acids is 1. The maximum absolute atomic E-state index is 11.9. The second-order valence-electron chi connectivity index (χ2n) is 6.70. The van der Waals surface area contributed by atoms with Gasteiger partial charge in [0.25, 0.3) is 5.22 Å². The second kappa shape index (κ2) is 10.9. The topological polar surface area (TPSA) is 72.6 Å². The summed E-state index contributed by atoms with van der Waals surface area (Å²) in [6.07, 6.45) is 1.59. The number of carbonyl (C=O) groups is 1. The van der Waals surface area contributed by atoms with Gasteiger partial charge in [0.05, 0.1) is 7.14 Å². The summed E-state index contributed by atoms with van der Waals surface area (Å²) in [5.41, 5.74) is 2.83. The van der Waals surface area contributed by atoms with Crippen molar-refractivity contribution in [2.75, 3.05) is 0 Å². The molecule has 0 amide bonds. The number of benzene rings is 3. The second-order valence-corrected chi connectivity index (χ2v) is 10.9. The van der Waals surface area contributed by atoms with Gasteiger partial charge in [0.2, 0.25) is 0 Å². The molecule has 3 aromatic carbocycles. The Kier molecular flexibility index (Phi) is 8.11. The molecule has 0 unspecified atom stereocenters. The Bertz CT molecular complexity index is 1330. The highest BCUT2D eigenvalue weighted by Crippen LogP contribution is 2.34. The van der Waals surface area contributed by atoms with Crippen LogP contribution in [0, 0.1) is 7.14 Å². The van der Waals surface area contributed by atoms with Crippen LogP contribution in [-0.4, -0.2) is 16.1 Å². The SMILES string of the molecule is O=C(O)/C(=C/c1cc(I)c(OCc2ccc(Cl)cc2Cl)c(I)c1)Sc1nc2ccccc2o1. The molecule has 1 aromatic heterocycles. The number of rotatable bonds is 7. The summed E-state index contributed by atoms with van der Waals surface area (Å²) in [5, 5.41) is 11.1. The Morgan fingerprint density at radius 3 is 2.52 bits per heavy atom. The number of aromatic nitrogens is 1. The predicted molar refractivity (Wildman–Crippen MR) is 148 cm³/mol. The largest absolute Gasteiger partial charge is 0.487 e. The highest BCUT2D eigenvalue weighted by atomic mass is 127. The molecule has 0 spiro atoms. The molecule has 33 heavy (non-hydrogen) atoms. The molecule has 168 valence electrons. The standard InChI is InChI=1S/C23H13Cl2I2NO4S/c24-14-6-5-13(15(25)10-14)11-31-21-16(26)7-12(8-17(21)27)9-20(22(29)30)33-23-28-18-3-1-2-4-19(18)32-23/h1-10H,11H2,(H,29,30)/b20-9-. The van der Waals surface area contributed by atoms with Gasteiger partial charge >= 0.3 is 5.97 Å². The van der Waals surface area contributed by atoms with Crippen molar-refractivity contribution in [3.05, 3.63) is 87.8 Å². The first-order valence-electron chi connectivity index (χ1n) is 9.34. The van der Waals surface area contributed by atoms with E-state index < -0.39 is 5.97 Å². The quantitative estimate of drug-likeness (QED) is 0.118. The third-order valence-electron chi connectivity index (χ3n) is 4.39. The number of hydrogen-bond donors (Lipinski definition) is 1. The molecule has 0 aliphatic rings. The van der Waals surface area contributed by atoms with E-state index >= 15 is 0 Å². The lowest BCUT2D eigenvalue weighted by molar-refractivity contribution is -0.131. The van der Waals surface area contributed by atoms with Crippen molar-refractivity contribution in [3.8, 4) is 5.75 Å². The van der Waals surface area contributed by atoms with Crippen LogP contribution in [0.5, 0.6) is 5.75 Å². The van der Waals surface area contributed by atoms with Crippen LogP contribution >= 0.6 is 80.1 Å². The van der Waals surface area contributed by atoms with Gasteiger partial charge in [-0.15, -0.1) is 0 Å². The Balaban J connectivity index is 1.56. The molecule has 0 radical (unpaired) electrons. The number of ether oxygens (including phenoxy) is 1. The molecule has 0 atom stereocenters. The zero-order valence-electron chi connectivity index (χ0n) is 16.5. The minimum atomic E-state index is -1.06. The van der Waals surface area contributed by atoms with E-state index in [1.807, 2.05) is 36.4 Å². The number of thioether (sulfide) groups is 1. The van der Waals surface area contributed by atoms with E-state index in [0.29, 0.717) is 26.9 Å². The molecule has 0 aliphatic heterocycles. The molecule has 5 nitrogen and oxygen atoms in total. The fraction of sp³-hybridized carbons (Fsp3) is 0.0435. The summed E-state index contributed by atoms with van der Waals surface area (Å²) in [4.78, 5) is 16.3. The molecule has 0 aliphatic carbocycles. The highest BCUT2D eigenvalue weighted by Gasteiger charge is 2.16. The van der Waals surface area contributed by atoms with Gasteiger partial charge in [-0.25, -0.2) is 9.78 Å². The van der Waals surface area contributed by atoms with Gasteiger partial charge in [-0.2, -0.15) is 0 Å². The molecular formula is C23H13Cl2I2NO4S. The molecule has 4 rings (SSSR count). The minimum Gasteiger partial charge on any atom is -0.487 e. The lowest BCUT2D eigenvalue weighted by atomic mass is 10.2. The van der Waals surface area contributed by atoms with Gasteiger partial charge in [0.15, 0.2) is 5.58 Å². The average Bonchev–Trinajstić information content (AvgIpc) is 3.16. The molecular weight excluding hydrogens is 711 g/mol. The number of para-hydroxylation sites is 2. The summed E-state index contributed by atoms with van der Waals surface area (Å²) in [7, 11) is 0. The van der Waals surface area contributed by atoms with Crippen LogP contribution in [0.1, 0.15) is 11.1 Å². The van der Waals surface area contributed by atoms with Crippen LogP contribution in [0.25, 0.3) is 17.2 Å². The van der Waals surface area contributed by atoms with Crippen LogP contribution in [0.3, 0.4) is 0 Å². The summed E-state index contributed by atoms with van der Waals surface area (Å²) in [6.45, 7) is 0.283. The monoisotopic (exact) mass is 723 g/mol. The zero-order valence-corrected chi connectivity index (χ0v) is 23.2. The van der Waals surface area contributed by atoms with Gasteiger partial charge < -0.3 is 14.3 Å². The number of carboxylic acid groups (broad SMARTS) is 1. The van der Waals surface area contributed by atoms with E-state index in [9.17, 15) is 9.90 Å². The van der Waals surface area contributed by atoms with E-state index in [1.54, 1.807) is 24.3 Å². The fourth-order valence-corrected chi connectivity index (χ4v) is 6.20. The summed E-state index contributed by atoms with van der Waals surface area (Å²) < 4.78 is 13.3. The smallest absolute Gasteiger partial charge is 0.342 e. The maximum Gasteiger partial charge on any atom is 0.342 e. The number of hydrogen-bond acceptors (Lipinski definition) is 5. The third kappa shape index (κ3) is 6.16. The van der Waals surface area contributed by atoms with Gasteiger partial charge in [0, 0.05) is 15.6 Å². The van der Waals surface area contributed by atoms with Crippen molar-refractivity contribution in [2.45, 2.75) is 11.8 Å². The van der Waals surface area contributed by atoms with E-state index in [0.717, 1.165) is 30.0 Å². The number of fused-ring (bicyclic) bond motifs is 1. The van der Waals surface area contributed by atoms with E-state index in [-0.39, 0.29) is 16.7 Å². The molecule has 10 heteroatoms. The van der Waals surface area contributed by atoms with E-state index in [2.05, 4.69) is 50.2 Å². The lowest BCUT2D eigenvalue weighted by Gasteiger charge is -2.13. The Labute approximate surface area is 230 Å². The van der Waals surface area contributed by atoms with Gasteiger partial charge in [-0.05, 0) is 105 Å². The van der Waals surface area contributed by atoms with Crippen LogP contribution in [0.4, 0.5) is 0 Å². The first kappa shape index (κ1) is 24.6. The highest BCUT2D eigenvalue weighted by molar-refractivity contribution is 14.1. The van der Waals surface area contributed by atoms with Gasteiger partial charge in [-0.3, -0.25) is 0 Å². The Morgan fingerprint density at radius 1 is 1.12 bits per heavy atom. The van der Waals surface area contributed by atoms with E-state index in [1.165, 1.54) is 0 Å². The molecule has 0 bridgehead atoms. The van der Waals surface area contributed by atoms with Crippen LogP contribution < -0.4 is 4.74 Å². The van der Waals surface area contributed by atoms with Crippen molar-refractivity contribution in [1.82, 2.24) is 4.98 Å². The Hall–Kier alpha value is -1.47. The average molecular weight is 724 g/mol. The first-order valence-corrected chi connectivity index (χ1v) is 13.1. The van der Waals surface area contributed by atoms with Gasteiger partial charge in [-0.1, -0.05) is 41.4 Å². The van der Waals surface area contributed by atoms with Crippen LogP contribution in [0.15, 0.2) is 69.1 Å². The summed E-state index contributed by atoms with van der Waals surface area (Å²) in [6, 6.07) is 16.3. The summed E-state index contributed by atoms with van der Waals surface area (Å²) in [5.74, 6) is -0.368. The maximum atomic E-state index is 11.9. The number of nitrogens with zero attached hydrogens (tertiary/aromatic N) is 1. The summed E-state index contributed by atoms with van der Waals surface area (Å²) >= 11 is 17.5. The van der Waals surface area contributed by atoms with Crippen LogP contribution in [-0.2, 0) is 11.4 Å². The minimum absolute atomic E-state index is 0.0924. The van der Waals surface area contributed by atoms with Crippen molar-refractivity contribution in [2.24, 2.45) is 0 Å². The fourth-order valence-electron chi connectivity index (χ4n) is 2.86. The molecule has 0 fully saturated rings. The molecule has 0 saturated carbocycles. The van der Waals surface area contributed by atoms with E-state index in [4.69, 9.17) is 32.4 Å². The molecule has 1 heterocycles. The molecule has 1 N–H and O–H groups in total. The number of oxazole rings is 1. The Morgan fingerprint density at radius 2 is 1.85 bits per heavy atom. The first-order chi connectivity index (χ1) is 15.8. The normalized spacial score (nSPS) is 11.7. The zero-order chi connectivity index (χ0) is 23.5. The van der Waals surface area contributed by atoms with Crippen molar-refractivity contribution >= 4 is 103 Å². The van der Waals surface area contributed by atoms with Crippen LogP contribution in [0.2, 0.25) is 10.0 Å². The third-order valence-corrected chi connectivity index (χ3v) is 7.44. The molecule has 0 saturated heterocycles. The number of aliphatic carboxylic acids is 1. The van der Waals surface area contributed by atoms with Crippen molar-refractivity contribution < 1.29 is 19.1 Å². The van der Waals surface area contributed by atoms with Crippen molar-refractivity contribution in [1.29, 1.82) is 0 Å². The van der Waals surface area contributed by atoms with Gasteiger partial charge in [0.1, 0.15) is 22.8 Å². The van der Waals surface area contributed by atoms with Crippen molar-refractivity contribution in [3.63, 3.8) is 0 Å².